The van der Waals surface area contributed by atoms with Crippen LogP contribution in [0.1, 0.15) is 51.7 Å². The first-order valence-corrected chi connectivity index (χ1v) is 7.54. The van der Waals surface area contributed by atoms with Crippen LogP contribution in [0.15, 0.2) is 12.1 Å². The number of benzene rings is 1. The topological polar surface area (TPSA) is 52.6 Å². The first kappa shape index (κ1) is 15.8. The van der Waals surface area contributed by atoms with Gasteiger partial charge in [-0.25, -0.2) is 4.39 Å². The zero-order valence-corrected chi connectivity index (χ0v) is 12.8. The summed E-state index contributed by atoms with van der Waals surface area (Å²) < 4.78 is 14.4. The second-order valence-electron chi connectivity index (χ2n) is 5.78. The highest BCUT2D eigenvalue weighted by Crippen LogP contribution is 2.36. The van der Waals surface area contributed by atoms with Gasteiger partial charge in [0, 0.05) is 23.8 Å². The Hall–Kier alpha value is -1.62. The number of unbranched alkanes of at least 4 members (excludes halogenated alkanes) is 2. The fourth-order valence-electron chi connectivity index (χ4n) is 2.66. The molecule has 1 atom stereocenters. The number of aliphatic hydroxyl groups is 1. The molecule has 0 fully saturated rings. The lowest BCUT2D eigenvalue weighted by Crippen LogP contribution is -2.32. The number of aliphatic hydroxyl groups excluding tert-OH is 1. The van der Waals surface area contributed by atoms with E-state index in [0.29, 0.717) is 16.9 Å². The van der Waals surface area contributed by atoms with Gasteiger partial charge in [-0.15, -0.1) is 0 Å². The molecule has 0 aliphatic carbocycles. The van der Waals surface area contributed by atoms with Crippen molar-refractivity contribution in [2.45, 2.75) is 52.2 Å². The lowest BCUT2D eigenvalue weighted by Gasteiger charge is -2.30. The van der Waals surface area contributed by atoms with E-state index in [1.807, 2.05) is 18.7 Å². The normalized spacial score (nSPS) is 17.0. The van der Waals surface area contributed by atoms with E-state index in [-0.39, 0.29) is 6.04 Å². The molecular formula is C16H23FN2O2. The van der Waals surface area contributed by atoms with Crippen molar-refractivity contribution in [1.29, 1.82) is 0 Å². The second kappa shape index (κ2) is 6.43. The summed E-state index contributed by atoms with van der Waals surface area (Å²) in [5, 5.41) is 12.3. The average Bonchev–Trinajstić information content (AvgIpc) is 2.70. The van der Waals surface area contributed by atoms with Crippen molar-refractivity contribution >= 4 is 17.3 Å². The summed E-state index contributed by atoms with van der Waals surface area (Å²) in [7, 11) is 0. The second-order valence-corrected chi connectivity index (χ2v) is 5.78. The Labute approximate surface area is 125 Å². The van der Waals surface area contributed by atoms with Crippen LogP contribution < -0.4 is 10.2 Å². The molecule has 0 aromatic heterocycles. The van der Waals surface area contributed by atoms with Crippen molar-refractivity contribution in [2.75, 3.05) is 16.8 Å². The average molecular weight is 294 g/mol. The first-order valence-electron chi connectivity index (χ1n) is 7.54. The molecule has 1 aliphatic rings. The largest absolute Gasteiger partial charge is 0.378 e. The number of hydrogen-bond donors (Lipinski definition) is 2. The molecule has 1 aromatic carbocycles. The van der Waals surface area contributed by atoms with E-state index in [2.05, 4.69) is 12.2 Å². The predicted molar refractivity (Wildman–Crippen MR) is 82.0 cm³/mol. The maximum atomic E-state index is 14.4. The van der Waals surface area contributed by atoms with Crippen LogP contribution in [0.25, 0.3) is 0 Å². The maximum Gasteiger partial charge on any atom is 0.257 e. The zero-order chi connectivity index (χ0) is 15.6. The molecule has 2 rings (SSSR count). The minimum absolute atomic E-state index is 0.163. The van der Waals surface area contributed by atoms with E-state index in [1.165, 1.54) is 6.07 Å². The molecule has 4 nitrogen and oxygen atoms in total. The van der Waals surface area contributed by atoms with Crippen molar-refractivity contribution in [3.8, 4) is 0 Å². The number of hydrogen-bond acceptors (Lipinski definition) is 3. The smallest absolute Gasteiger partial charge is 0.257 e. The lowest BCUT2D eigenvalue weighted by atomic mass is 10.1. The number of nitrogens with zero attached hydrogens (tertiary/aromatic N) is 1. The molecule has 1 amide bonds. The molecule has 1 aliphatic heterocycles. The molecule has 1 aromatic rings. The van der Waals surface area contributed by atoms with E-state index in [0.717, 1.165) is 25.8 Å². The summed E-state index contributed by atoms with van der Waals surface area (Å²) in [5.74, 6) is -0.891. The van der Waals surface area contributed by atoms with Crippen molar-refractivity contribution in [1.82, 2.24) is 0 Å². The third-order valence-corrected chi connectivity index (χ3v) is 3.86. The number of rotatable bonds is 6. The minimum Gasteiger partial charge on any atom is -0.378 e. The van der Waals surface area contributed by atoms with Gasteiger partial charge in [0.25, 0.3) is 5.91 Å². The predicted octanol–water partition coefficient (Wildman–Crippen LogP) is 3.22. The van der Waals surface area contributed by atoms with Crippen LogP contribution in [0, 0.1) is 5.82 Å². The van der Waals surface area contributed by atoms with Gasteiger partial charge in [0.05, 0.1) is 5.69 Å². The highest BCUT2D eigenvalue weighted by molar-refractivity contribution is 6.02. The van der Waals surface area contributed by atoms with Gasteiger partial charge in [-0.1, -0.05) is 19.8 Å². The number of nitrogens with one attached hydrogen (secondary N) is 1. The number of carbonyl (C=O) groups is 1. The SMILES string of the molecule is CCCCCN(c1cc2c(cc1F)C(O)C(=O)N2)C(C)C. The summed E-state index contributed by atoms with van der Waals surface area (Å²) in [4.78, 5) is 13.5. The summed E-state index contributed by atoms with van der Waals surface area (Å²) >= 11 is 0. The monoisotopic (exact) mass is 294 g/mol. The molecule has 0 bridgehead atoms. The van der Waals surface area contributed by atoms with Crippen LogP contribution in [0.3, 0.4) is 0 Å². The summed E-state index contributed by atoms with van der Waals surface area (Å²) in [6, 6.07) is 3.06. The van der Waals surface area contributed by atoms with E-state index >= 15 is 0 Å². The van der Waals surface area contributed by atoms with E-state index < -0.39 is 17.8 Å². The summed E-state index contributed by atoms with van der Waals surface area (Å²) in [6.45, 7) is 6.95. The van der Waals surface area contributed by atoms with Gasteiger partial charge in [-0.2, -0.15) is 0 Å². The number of carbonyl (C=O) groups excluding carboxylic acids is 1. The number of anilines is 2. The molecule has 2 N–H and O–H groups in total. The molecule has 0 saturated carbocycles. The number of amides is 1. The van der Waals surface area contributed by atoms with E-state index in [1.54, 1.807) is 6.07 Å². The maximum absolute atomic E-state index is 14.4. The highest BCUT2D eigenvalue weighted by atomic mass is 19.1. The molecule has 0 radical (unpaired) electrons. The number of fused-ring (bicyclic) bond motifs is 1. The summed E-state index contributed by atoms with van der Waals surface area (Å²) in [6.07, 6.45) is 1.95. The van der Waals surface area contributed by atoms with Crippen LogP contribution in [0.2, 0.25) is 0 Å². The van der Waals surface area contributed by atoms with Crippen LogP contribution in [0.4, 0.5) is 15.8 Å². The summed E-state index contributed by atoms with van der Waals surface area (Å²) in [5.41, 5.74) is 1.30. The van der Waals surface area contributed by atoms with Crippen molar-refractivity contribution < 1.29 is 14.3 Å². The van der Waals surface area contributed by atoms with Crippen LogP contribution >= 0.6 is 0 Å². The van der Waals surface area contributed by atoms with Gasteiger partial charge in [0.2, 0.25) is 0 Å². The Balaban J connectivity index is 2.30. The first-order chi connectivity index (χ1) is 9.95. The Morgan fingerprint density at radius 2 is 2.10 bits per heavy atom. The lowest BCUT2D eigenvalue weighted by molar-refractivity contribution is -0.123. The van der Waals surface area contributed by atoms with Crippen LogP contribution in [-0.2, 0) is 4.79 Å². The van der Waals surface area contributed by atoms with Crippen LogP contribution in [0.5, 0.6) is 0 Å². The Kier molecular flexibility index (Phi) is 4.83. The Morgan fingerprint density at radius 1 is 1.38 bits per heavy atom. The molecule has 21 heavy (non-hydrogen) atoms. The van der Waals surface area contributed by atoms with Crippen molar-refractivity contribution in [3.63, 3.8) is 0 Å². The van der Waals surface area contributed by atoms with Gasteiger partial charge in [-0.05, 0) is 32.4 Å². The number of halogens is 1. The van der Waals surface area contributed by atoms with Crippen LogP contribution in [-0.4, -0.2) is 23.6 Å². The van der Waals surface area contributed by atoms with E-state index in [4.69, 9.17) is 0 Å². The third kappa shape index (κ3) is 3.18. The molecular weight excluding hydrogens is 271 g/mol. The van der Waals surface area contributed by atoms with Crippen molar-refractivity contribution in [3.05, 3.63) is 23.5 Å². The molecule has 5 heteroatoms. The van der Waals surface area contributed by atoms with Gasteiger partial charge < -0.3 is 15.3 Å². The molecule has 1 unspecified atom stereocenters. The third-order valence-electron chi connectivity index (χ3n) is 3.86. The van der Waals surface area contributed by atoms with Gasteiger partial charge in [-0.3, -0.25) is 4.79 Å². The molecule has 0 saturated heterocycles. The van der Waals surface area contributed by atoms with E-state index in [9.17, 15) is 14.3 Å². The quantitative estimate of drug-likeness (QED) is 0.792. The van der Waals surface area contributed by atoms with Gasteiger partial charge in [0.15, 0.2) is 6.10 Å². The Bertz CT molecular complexity index is 531. The zero-order valence-electron chi connectivity index (χ0n) is 12.8. The molecule has 116 valence electrons. The Morgan fingerprint density at radius 3 is 2.71 bits per heavy atom. The van der Waals surface area contributed by atoms with Gasteiger partial charge in [0.1, 0.15) is 5.82 Å². The minimum atomic E-state index is -1.27. The molecule has 1 heterocycles. The van der Waals surface area contributed by atoms with Crippen molar-refractivity contribution in [2.24, 2.45) is 0 Å². The fraction of sp³-hybridized carbons (Fsp3) is 0.562. The molecule has 0 spiro atoms. The van der Waals surface area contributed by atoms with Gasteiger partial charge >= 0.3 is 0 Å². The highest BCUT2D eigenvalue weighted by Gasteiger charge is 2.30. The standard InChI is InChI=1S/C16H23FN2O2/c1-4-5-6-7-19(10(2)3)14-9-13-11(8-12(14)17)15(20)16(21)18-13/h8-10,15,20H,4-7H2,1-3H3,(H,18,21). The fourth-order valence-corrected chi connectivity index (χ4v) is 2.66.